The number of rotatable bonds is 5. The summed E-state index contributed by atoms with van der Waals surface area (Å²) in [5, 5.41) is 33.0. The molecule has 0 aliphatic carbocycles. The van der Waals surface area contributed by atoms with Crippen molar-refractivity contribution in [1.29, 1.82) is 5.26 Å². The van der Waals surface area contributed by atoms with E-state index < -0.39 is 0 Å². The predicted octanol–water partition coefficient (Wildman–Crippen LogP) is 4.06. The van der Waals surface area contributed by atoms with Crippen LogP contribution in [0.3, 0.4) is 0 Å². The van der Waals surface area contributed by atoms with Crippen LogP contribution in [0.2, 0.25) is 0 Å². The summed E-state index contributed by atoms with van der Waals surface area (Å²) in [4.78, 5) is 5.68. The minimum atomic E-state index is -0.270. The smallest absolute Gasteiger partial charge is 0.188 e. The van der Waals surface area contributed by atoms with Gasteiger partial charge in [0.1, 0.15) is 11.8 Å². The second-order valence-electron chi connectivity index (χ2n) is 7.43. The summed E-state index contributed by atoms with van der Waals surface area (Å²) in [5.41, 5.74) is 1.90. The molecular weight excluding hydrogens is 428 g/mol. The van der Waals surface area contributed by atoms with Crippen LogP contribution in [-0.4, -0.2) is 41.6 Å². The molecule has 0 amide bonds. The van der Waals surface area contributed by atoms with Crippen LogP contribution in [0.4, 0.5) is 17.3 Å². The molecule has 0 bridgehead atoms. The highest BCUT2D eigenvalue weighted by molar-refractivity contribution is 6.00. The minimum absolute atomic E-state index is 0. The van der Waals surface area contributed by atoms with Gasteiger partial charge in [0.25, 0.3) is 0 Å². The van der Waals surface area contributed by atoms with E-state index in [4.69, 9.17) is 11.3 Å². The highest BCUT2D eigenvalue weighted by atomic mass is 35.5. The zero-order chi connectivity index (χ0) is 21.8. The van der Waals surface area contributed by atoms with Gasteiger partial charge < -0.3 is 20.1 Å². The SMILES string of the molecule is Cl.[C-]#[N+]c1ccc2c(N3CCC(O)CC3)nnc(NCc3ccc(OC)c(C#N)c3)c2c1. The van der Waals surface area contributed by atoms with Crippen molar-refractivity contribution in [2.45, 2.75) is 25.5 Å². The number of halogens is 1. The summed E-state index contributed by atoms with van der Waals surface area (Å²) in [6.07, 6.45) is 1.12. The van der Waals surface area contributed by atoms with Gasteiger partial charge in [0, 0.05) is 30.4 Å². The number of hydrogen-bond donors (Lipinski definition) is 2. The fourth-order valence-corrected chi connectivity index (χ4v) is 3.78. The van der Waals surface area contributed by atoms with Crippen molar-refractivity contribution in [2.75, 3.05) is 30.4 Å². The van der Waals surface area contributed by atoms with Gasteiger partial charge in [0.15, 0.2) is 17.3 Å². The van der Waals surface area contributed by atoms with Crippen LogP contribution in [-0.2, 0) is 6.54 Å². The molecule has 8 nitrogen and oxygen atoms in total. The average Bonchev–Trinajstić information content (AvgIpc) is 2.82. The summed E-state index contributed by atoms with van der Waals surface area (Å²) in [5.74, 6) is 1.88. The molecule has 0 radical (unpaired) electrons. The number of aliphatic hydroxyl groups excluding tert-OH is 1. The highest BCUT2D eigenvalue weighted by Crippen LogP contribution is 2.33. The van der Waals surface area contributed by atoms with Crippen molar-refractivity contribution in [1.82, 2.24) is 10.2 Å². The maximum absolute atomic E-state index is 9.81. The van der Waals surface area contributed by atoms with Gasteiger partial charge in [-0.25, -0.2) is 4.85 Å². The first kappa shape index (κ1) is 23.1. The van der Waals surface area contributed by atoms with Gasteiger partial charge in [-0.1, -0.05) is 18.2 Å². The molecular formula is C23H23ClN6O2. The molecule has 4 rings (SSSR count). The summed E-state index contributed by atoms with van der Waals surface area (Å²) in [7, 11) is 1.54. The molecule has 0 unspecified atom stereocenters. The molecule has 3 aromatic rings. The second-order valence-corrected chi connectivity index (χ2v) is 7.43. The van der Waals surface area contributed by atoms with E-state index in [0.29, 0.717) is 55.3 Å². The molecule has 2 N–H and O–H groups in total. The molecule has 1 aliphatic rings. The predicted molar refractivity (Wildman–Crippen MR) is 126 cm³/mol. The Kier molecular flexibility index (Phi) is 7.32. The summed E-state index contributed by atoms with van der Waals surface area (Å²) >= 11 is 0. The highest BCUT2D eigenvalue weighted by Gasteiger charge is 2.21. The molecule has 0 saturated carbocycles. The molecule has 2 heterocycles. The van der Waals surface area contributed by atoms with Crippen molar-refractivity contribution in [3.63, 3.8) is 0 Å². The number of piperidine rings is 1. The molecule has 32 heavy (non-hydrogen) atoms. The van der Waals surface area contributed by atoms with Gasteiger partial charge in [0.2, 0.25) is 0 Å². The van der Waals surface area contributed by atoms with Crippen LogP contribution >= 0.6 is 12.4 Å². The number of fused-ring (bicyclic) bond motifs is 1. The van der Waals surface area contributed by atoms with Crippen LogP contribution < -0.4 is 15.0 Å². The third-order valence-electron chi connectivity index (χ3n) is 5.48. The Labute approximate surface area is 192 Å². The number of anilines is 2. The van der Waals surface area contributed by atoms with E-state index in [1.54, 1.807) is 18.2 Å². The number of methoxy groups -OCH3 is 1. The number of ether oxygens (including phenoxy) is 1. The van der Waals surface area contributed by atoms with Gasteiger partial charge in [-0.05, 0) is 36.6 Å². The van der Waals surface area contributed by atoms with Crippen molar-refractivity contribution < 1.29 is 9.84 Å². The number of aromatic nitrogens is 2. The summed E-state index contributed by atoms with van der Waals surface area (Å²) in [6.45, 7) is 9.24. The molecule has 1 fully saturated rings. The van der Waals surface area contributed by atoms with Gasteiger partial charge in [-0.15, -0.1) is 22.6 Å². The largest absolute Gasteiger partial charge is 0.495 e. The van der Waals surface area contributed by atoms with Gasteiger partial charge in [-0.3, -0.25) is 0 Å². The molecule has 2 aromatic carbocycles. The Hall–Kier alpha value is -3.59. The fraction of sp³-hybridized carbons (Fsp3) is 0.304. The van der Waals surface area contributed by atoms with E-state index in [9.17, 15) is 10.4 Å². The molecule has 0 atom stereocenters. The van der Waals surface area contributed by atoms with Crippen LogP contribution in [0.5, 0.6) is 5.75 Å². The Morgan fingerprint density at radius 3 is 2.69 bits per heavy atom. The van der Waals surface area contributed by atoms with E-state index in [2.05, 4.69) is 31.3 Å². The molecule has 1 aromatic heterocycles. The van der Waals surface area contributed by atoms with E-state index in [1.165, 1.54) is 7.11 Å². The molecule has 9 heteroatoms. The van der Waals surface area contributed by atoms with Crippen LogP contribution in [0, 0.1) is 17.9 Å². The molecule has 164 valence electrons. The first-order chi connectivity index (χ1) is 15.1. The first-order valence-electron chi connectivity index (χ1n) is 10.0. The average molecular weight is 451 g/mol. The zero-order valence-electron chi connectivity index (χ0n) is 17.6. The van der Waals surface area contributed by atoms with E-state index in [-0.39, 0.29) is 18.5 Å². The molecule has 1 aliphatic heterocycles. The lowest BCUT2D eigenvalue weighted by Gasteiger charge is -2.31. The number of nitrogens with one attached hydrogen (secondary N) is 1. The van der Waals surface area contributed by atoms with Gasteiger partial charge in [-0.2, -0.15) is 5.26 Å². The standard InChI is InChI=1S/C23H22N6O2.ClH/c1-25-17-4-5-19-20(12-17)22(27-28-23(19)29-9-7-18(30)8-10-29)26-14-15-3-6-21(31-2)16(11-15)13-24;/h3-6,11-12,18,30H,7-10,14H2,2H3,(H,26,27);1H. The quantitative estimate of drug-likeness (QED) is 0.565. The number of aliphatic hydroxyl groups is 1. The van der Waals surface area contributed by atoms with Crippen LogP contribution in [0.25, 0.3) is 15.6 Å². The van der Waals surface area contributed by atoms with Crippen molar-refractivity contribution in [2.24, 2.45) is 0 Å². The second kappa shape index (κ2) is 10.1. The third-order valence-corrected chi connectivity index (χ3v) is 5.48. The van der Waals surface area contributed by atoms with Crippen LogP contribution in [0.15, 0.2) is 36.4 Å². The summed E-state index contributed by atoms with van der Waals surface area (Å²) < 4.78 is 5.20. The van der Waals surface area contributed by atoms with Gasteiger partial charge in [0.05, 0.1) is 25.3 Å². The minimum Gasteiger partial charge on any atom is -0.495 e. The van der Waals surface area contributed by atoms with Gasteiger partial charge >= 0.3 is 0 Å². The topological polar surface area (TPSA) is 98.7 Å². The van der Waals surface area contributed by atoms with E-state index in [1.807, 2.05) is 18.2 Å². The lowest BCUT2D eigenvalue weighted by molar-refractivity contribution is 0.145. The lowest BCUT2D eigenvalue weighted by Crippen LogP contribution is -2.36. The van der Waals surface area contributed by atoms with Crippen molar-refractivity contribution in [3.05, 3.63) is 58.9 Å². The Morgan fingerprint density at radius 1 is 1.22 bits per heavy atom. The fourth-order valence-electron chi connectivity index (χ4n) is 3.78. The number of benzene rings is 2. The monoisotopic (exact) mass is 450 g/mol. The molecule has 1 saturated heterocycles. The Morgan fingerprint density at radius 2 is 2.00 bits per heavy atom. The number of nitrogens with zero attached hydrogens (tertiary/aromatic N) is 5. The van der Waals surface area contributed by atoms with Crippen molar-refractivity contribution >= 4 is 40.5 Å². The Bertz CT molecular complexity index is 1200. The maximum atomic E-state index is 9.81. The number of nitriles is 1. The lowest BCUT2D eigenvalue weighted by atomic mass is 10.1. The third kappa shape index (κ3) is 4.67. The first-order valence-corrected chi connectivity index (χ1v) is 10.0. The van der Waals surface area contributed by atoms with E-state index in [0.717, 1.165) is 22.2 Å². The van der Waals surface area contributed by atoms with Crippen molar-refractivity contribution in [3.8, 4) is 11.8 Å². The Balaban J connectivity index is 0.00000289. The number of hydrogen-bond acceptors (Lipinski definition) is 7. The maximum Gasteiger partial charge on any atom is 0.188 e. The summed E-state index contributed by atoms with van der Waals surface area (Å²) in [6, 6.07) is 13.1. The van der Waals surface area contributed by atoms with Crippen LogP contribution in [0.1, 0.15) is 24.0 Å². The normalized spacial score (nSPS) is 13.7. The zero-order valence-corrected chi connectivity index (χ0v) is 18.4. The van der Waals surface area contributed by atoms with E-state index >= 15 is 0 Å². The molecule has 0 spiro atoms.